The maximum absolute atomic E-state index is 12.2. The molecule has 0 radical (unpaired) electrons. The lowest BCUT2D eigenvalue weighted by Gasteiger charge is -2.09. The Morgan fingerprint density at radius 3 is 2.96 bits per heavy atom. The van der Waals surface area contributed by atoms with Gasteiger partial charge in [0.15, 0.2) is 5.17 Å². The van der Waals surface area contributed by atoms with Crippen molar-refractivity contribution in [2.75, 3.05) is 5.32 Å². The summed E-state index contributed by atoms with van der Waals surface area (Å²) in [6, 6.07) is 8.36. The Labute approximate surface area is 162 Å². The number of benzene rings is 1. The van der Waals surface area contributed by atoms with Crippen molar-refractivity contribution in [3.63, 3.8) is 0 Å². The first-order valence-electron chi connectivity index (χ1n) is 7.39. The summed E-state index contributed by atoms with van der Waals surface area (Å²) in [5.41, 5.74) is 0.393. The molecule has 2 amide bonds. The minimum absolute atomic E-state index is 0.0414. The van der Waals surface area contributed by atoms with Crippen molar-refractivity contribution in [2.45, 2.75) is 11.7 Å². The van der Waals surface area contributed by atoms with Crippen LogP contribution in [0.2, 0.25) is 10.0 Å². The Bertz CT molecular complexity index is 884. The van der Waals surface area contributed by atoms with Gasteiger partial charge in [-0.15, -0.1) is 5.10 Å². The van der Waals surface area contributed by atoms with Crippen LogP contribution in [-0.2, 0) is 9.59 Å². The van der Waals surface area contributed by atoms with Gasteiger partial charge in [-0.25, -0.2) is 0 Å². The molecular weight excluding hydrogens is 399 g/mol. The number of thioether (sulfide) groups is 1. The van der Waals surface area contributed by atoms with E-state index in [4.69, 9.17) is 27.6 Å². The monoisotopic (exact) mass is 410 g/mol. The van der Waals surface area contributed by atoms with Gasteiger partial charge in [0, 0.05) is 6.42 Å². The number of nitrogens with zero attached hydrogens (tertiary/aromatic N) is 2. The summed E-state index contributed by atoms with van der Waals surface area (Å²) in [7, 11) is 0. The zero-order chi connectivity index (χ0) is 18.5. The van der Waals surface area contributed by atoms with Crippen molar-refractivity contribution in [3.05, 3.63) is 52.4 Å². The predicted octanol–water partition coefficient (Wildman–Crippen LogP) is 3.54. The summed E-state index contributed by atoms with van der Waals surface area (Å²) in [5, 5.41) is 13.3. The lowest BCUT2D eigenvalue weighted by molar-refractivity contribution is -0.122. The summed E-state index contributed by atoms with van der Waals surface area (Å²) in [6.45, 7) is 0. The van der Waals surface area contributed by atoms with Gasteiger partial charge in [0.05, 0.1) is 28.2 Å². The first-order chi connectivity index (χ1) is 12.5. The van der Waals surface area contributed by atoms with Crippen molar-refractivity contribution in [3.8, 4) is 0 Å². The highest BCUT2D eigenvalue weighted by atomic mass is 35.5. The van der Waals surface area contributed by atoms with E-state index in [1.165, 1.54) is 12.5 Å². The Hall–Kier alpha value is -2.29. The molecule has 0 bridgehead atoms. The molecule has 10 heteroatoms. The zero-order valence-electron chi connectivity index (χ0n) is 13.1. The number of hydrogen-bond acceptors (Lipinski definition) is 6. The van der Waals surface area contributed by atoms with Gasteiger partial charge in [0.2, 0.25) is 11.8 Å². The predicted molar refractivity (Wildman–Crippen MR) is 103 cm³/mol. The number of furan rings is 1. The van der Waals surface area contributed by atoms with E-state index >= 15 is 0 Å². The van der Waals surface area contributed by atoms with Gasteiger partial charge in [-0.3, -0.25) is 9.59 Å². The van der Waals surface area contributed by atoms with E-state index in [1.807, 2.05) is 0 Å². The highest BCUT2D eigenvalue weighted by molar-refractivity contribution is 8.15. The number of halogens is 2. The minimum atomic E-state index is -0.606. The van der Waals surface area contributed by atoms with Crippen LogP contribution in [0.4, 0.5) is 5.69 Å². The first kappa shape index (κ1) is 18.5. The van der Waals surface area contributed by atoms with E-state index in [2.05, 4.69) is 20.8 Å². The van der Waals surface area contributed by atoms with Gasteiger partial charge < -0.3 is 15.1 Å². The van der Waals surface area contributed by atoms with Gasteiger partial charge in [-0.1, -0.05) is 41.0 Å². The van der Waals surface area contributed by atoms with Crippen molar-refractivity contribution >= 4 is 63.8 Å². The van der Waals surface area contributed by atoms with E-state index in [-0.39, 0.29) is 23.3 Å². The molecule has 2 aromatic rings. The van der Waals surface area contributed by atoms with Gasteiger partial charge in [0.25, 0.3) is 0 Å². The lowest BCUT2D eigenvalue weighted by atomic mass is 10.2. The number of carbonyl (C=O) groups is 2. The number of amidine groups is 1. The molecule has 1 aromatic heterocycles. The van der Waals surface area contributed by atoms with Crippen LogP contribution < -0.4 is 10.6 Å². The van der Waals surface area contributed by atoms with Crippen molar-refractivity contribution < 1.29 is 14.0 Å². The molecule has 0 spiro atoms. The zero-order valence-corrected chi connectivity index (χ0v) is 15.4. The molecule has 26 heavy (non-hydrogen) atoms. The van der Waals surface area contributed by atoms with Crippen LogP contribution in [0.1, 0.15) is 12.2 Å². The van der Waals surface area contributed by atoms with Crippen LogP contribution in [0.5, 0.6) is 0 Å². The molecule has 1 aliphatic rings. The molecule has 1 atom stereocenters. The fourth-order valence-electron chi connectivity index (χ4n) is 2.06. The van der Waals surface area contributed by atoms with E-state index in [1.54, 1.807) is 30.3 Å². The Morgan fingerprint density at radius 1 is 1.35 bits per heavy atom. The van der Waals surface area contributed by atoms with E-state index in [0.717, 1.165) is 11.8 Å². The fourth-order valence-corrected chi connectivity index (χ4v) is 3.33. The number of nitrogens with one attached hydrogen (secondary N) is 2. The number of anilines is 1. The summed E-state index contributed by atoms with van der Waals surface area (Å²) in [6.07, 6.45) is 2.89. The van der Waals surface area contributed by atoms with Crippen LogP contribution in [0.3, 0.4) is 0 Å². The number of carbonyl (C=O) groups excluding carboxylic acids is 2. The van der Waals surface area contributed by atoms with Crippen LogP contribution in [-0.4, -0.2) is 28.4 Å². The molecule has 3 rings (SSSR count). The maximum Gasteiger partial charge on any atom is 0.240 e. The molecule has 1 fully saturated rings. The summed E-state index contributed by atoms with van der Waals surface area (Å²) < 4.78 is 5.08. The first-order valence-corrected chi connectivity index (χ1v) is 9.02. The minimum Gasteiger partial charge on any atom is -0.463 e. The standard InChI is InChI=1S/C16H12Cl2N4O3S/c17-10-4-1-5-11(14(10)18)20-13(23)7-12-15(24)21-16(26-12)22-19-8-9-3-2-6-25-9/h1-6,8,12H,7H2,(H,20,23)(H,21,22,24)/b19-8-. The van der Waals surface area contributed by atoms with E-state index in [9.17, 15) is 9.59 Å². The van der Waals surface area contributed by atoms with Gasteiger partial charge >= 0.3 is 0 Å². The Kier molecular flexibility index (Phi) is 5.97. The van der Waals surface area contributed by atoms with E-state index in [0.29, 0.717) is 21.6 Å². The molecule has 1 unspecified atom stereocenters. The van der Waals surface area contributed by atoms with Crippen LogP contribution in [0.15, 0.2) is 51.2 Å². The van der Waals surface area contributed by atoms with Crippen molar-refractivity contribution in [2.24, 2.45) is 10.2 Å². The maximum atomic E-state index is 12.2. The molecule has 134 valence electrons. The van der Waals surface area contributed by atoms with Crippen molar-refractivity contribution in [1.29, 1.82) is 0 Å². The normalized spacial score (nSPS) is 18.5. The molecular formula is C16H12Cl2N4O3S. The second kappa shape index (κ2) is 8.39. The average Bonchev–Trinajstić information content (AvgIpc) is 3.22. The van der Waals surface area contributed by atoms with Crippen LogP contribution in [0, 0.1) is 0 Å². The molecule has 2 N–H and O–H groups in total. The third-order valence-electron chi connectivity index (χ3n) is 3.25. The summed E-state index contributed by atoms with van der Waals surface area (Å²) in [5.74, 6) is -0.130. The smallest absolute Gasteiger partial charge is 0.240 e. The number of amides is 2. The fraction of sp³-hybridized carbons (Fsp3) is 0.125. The van der Waals surface area contributed by atoms with Gasteiger partial charge in [0.1, 0.15) is 11.0 Å². The summed E-state index contributed by atoms with van der Waals surface area (Å²) in [4.78, 5) is 24.1. The molecule has 1 aliphatic heterocycles. The van der Waals surface area contributed by atoms with Crippen molar-refractivity contribution in [1.82, 2.24) is 5.32 Å². The third kappa shape index (κ3) is 4.66. The lowest BCUT2D eigenvalue weighted by Crippen LogP contribution is -2.28. The van der Waals surface area contributed by atoms with Gasteiger partial charge in [-0.05, 0) is 24.3 Å². The largest absolute Gasteiger partial charge is 0.463 e. The Balaban J connectivity index is 1.57. The molecule has 1 saturated heterocycles. The second-order valence-corrected chi connectivity index (χ2v) is 7.09. The highest BCUT2D eigenvalue weighted by Gasteiger charge is 2.32. The van der Waals surface area contributed by atoms with E-state index < -0.39 is 5.25 Å². The third-order valence-corrected chi connectivity index (χ3v) is 5.14. The molecule has 0 aliphatic carbocycles. The van der Waals surface area contributed by atoms with Gasteiger partial charge in [-0.2, -0.15) is 5.10 Å². The molecule has 2 heterocycles. The number of rotatable bonds is 5. The topological polar surface area (TPSA) is 96.1 Å². The van der Waals surface area contributed by atoms with Crippen LogP contribution >= 0.6 is 35.0 Å². The quantitative estimate of drug-likeness (QED) is 0.581. The molecule has 1 aromatic carbocycles. The molecule has 0 saturated carbocycles. The van der Waals surface area contributed by atoms with Crippen LogP contribution in [0.25, 0.3) is 0 Å². The molecule has 7 nitrogen and oxygen atoms in total. The number of hydrogen-bond donors (Lipinski definition) is 2. The second-order valence-electron chi connectivity index (χ2n) is 5.11. The SMILES string of the molecule is O=C(CC1S/C(=N/N=C\c2ccco2)NC1=O)Nc1cccc(Cl)c1Cl. The Morgan fingerprint density at radius 2 is 2.19 bits per heavy atom. The highest BCUT2D eigenvalue weighted by Crippen LogP contribution is 2.30. The average molecular weight is 411 g/mol. The summed E-state index contributed by atoms with van der Waals surface area (Å²) >= 11 is 13.1.